The van der Waals surface area contributed by atoms with Crippen LogP contribution < -0.4 is 4.90 Å². The first-order valence-corrected chi connectivity index (χ1v) is 5.90. The molecule has 2 aromatic heterocycles. The lowest BCUT2D eigenvalue weighted by molar-refractivity contribution is 0.0600. The summed E-state index contributed by atoms with van der Waals surface area (Å²) < 4.78 is 9.96. The van der Waals surface area contributed by atoms with E-state index in [0.29, 0.717) is 17.9 Å². The highest BCUT2D eigenvalue weighted by Gasteiger charge is 2.11. The molecule has 5 nitrogen and oxygen atoms in total. The number of pyridine rings is 1. The van der Waals surface area contributed by atoms with Crippen LogP contribution in [0.15, 0.2) is 35.1 Å². The van der Waals surface area contributed by atoms with Gasteiger partial charge in [0.05, 0.1) is 18.9 Å². The highest BCUT2D eigenvalue weighted by atomic mass is 16.5. The Balaban J connectivity index is 2.17. The van der Waals surface area contributed by atoms with Crippen molar-refractivity contribution in [3.8, 4) is 0 Å². The van der Waals surface area contributed by atoms with Gasteiger partial charge in [0.15, 0.2) is 0 Å². The Morgan fingerprint density at radius 2 is 2.26 bits per heavy atom. The molecule has 0 aromatic carbocycles. The van der Waals surface area contributed by atoms with Crippen molar-refractivity contribution >= 4 is 11.8 Å². The van der Waals surface area contributed by atoms with Gasteiger partial charge in [-0.25, -0.2) is 9.78 Å². The first-order chi connectivity index (χ1) is 9.11. The minimum absolute atomic E-state index is 0.364. The maximum atomic E-state index is 11.5. The van der Waals surface area contributed by atoms with Gasteiger partial charge in [0.25, 0.3) is 0 Å². The van der Waals surface area contributed by atoms with Crippen LogP contribution in [0.3, 0.4) is 0 Å². The lowest BCUT2D eigenvalue weighted by Crippen LogP contribution is -2.18. The van der Waals surface area contributed by atoms with Gasteiger partial charge in [-0.15, -0.1) is 0 Å². The number of ether oxygens (including phenoxy) is 1. The Kier molecular flexibility index (Phi) is 3.85. The van der Waals surface area contributed by atoms with Crippen LogP contribution >= 0.6 is 0 Å². The number of aromatic nitrogens is 1. The lowest BCUT2D eigenvalue weighted by atomic mass is 10.2. The van der Waals surface area contributed by atoms with Crippen molar-refractivity contribution in [3.63, 3.8) is 0 Å². The number of aryl methyl sites for hydroxylation is 1. The van der Waals surface area contributed by atoms with Crippen LogP contribution in [0.5, 0.6) is 0 Å². The topological polar surface area (TPSA) is 55.6 Å². The minimum Gasteiger partial charge on any atom is -0.469 e. The summed E-state index contributed by atoms with van der Waals surface area (Å²) in [6.45, 7) is 2.58. The molecule has 19 heavy (non-hydrogen) atoms. The van der Waals surface area contributed by atoms with Gasteiger partial charge in [-0.1, -0.05) is 0 Å². The molecule has 0 aliphatic rings. The van der Waals surface area contributed by atoms with Gasteiger partial charge < -0.3 is 14.1 Å². The zero-order chi connectivity index (χ0) is 13.8. The Morgan fingerprint density at radius 3 is 2.89 bits per heavy atom. The van der Waals surface area contributed by atoms with Crippen LogP contribution in [0.2, 0.25) is 0 Å². The molecule has 0 bridgehead atoms. The first kappa shape index (κ1) is 13.1. The summed E-state index contributed by atoms with van der Waals surface area (Å²) in [6.07, 6.45) is 3.26. The normalized spacial score (nSPS) is 10.3. The quantitative estimate of drug-likeness (QED) is 0.790. The number of methoxy groups -OCH3 is 1. The van der Waals surface area contributed by atoms with Crippen molar-refractivity contribution in [2.75, 3.05) is 19.1 Å². The molecular weight excluding hydrogens is 244 g/mol. The molecule has 5 heteroatoms. The standard InChI is InChI=1S/C14H16N2O3/c1-10-12(5-7-19-10)9-16(2)13-8-11(4-6-15-13)14(17)18-3/h4-8H,9H2,1-3H3. The third-order valence-corrected chi connectivity index (χ3v) is 2.93. The van der Waals surface area contributed by atoms with Crippen LogP contribution in [-0.2, 0) is 11.3 Å². The van der Waals surface area contributed by atoms with Crippen molar-refractivity contribution in [3.05, 3.63) is 47.5 Å². The second kappa shape index (κ2) is 5.56. The third kappa shape index (κ3) is 2.93. The lowest BCUT2D eigenvalue weighted by Gasteiger charge is -2.18. The Morgan fingerprint density at radius 1 is 1.47 bits per heavy atom. The molecule has 0 aliphatic carbocycles. The van der Waals surface area contributed by atoms with Gasteiger partial charge in [0.2, 0.25) is 0 Å². The molecule has 0 N–H and O–H groups in total. The molecule has 0 atom stereocenters. The fourth-order valence-electron chi connectivity index (χ4n) is 1.78. The summed E-state index contributed by atoms with van der Waals surface area (Å²) in [5.41, 5.74) is 1.58. The van der Waals surface area contributed by atoms with Crippen LogP contribution in [-0.4, -0.2) is 25.1 Å². The smallest absolute Gasteiger partial charge is 0.338 e. The monoisotopic (exact) mass is 260 g/mol. The zero-order valence-corrected chi connectivity index (χ0v) is 11.2. The average molecular weight is 260 g/mol. The molecule has 0 amide bonds. The number of carbonyl (C=O) groups is 1. The van der Waals surface area contributed by atoms with E-state index in [-0.39, 0.29) is 5.97 Å². The van der Waals surface area contributed by atoms with Crippen LogP contribution in [0.1, 0.15) is 21.7 Å². The molecule has 0 radical (unpaired) electrons. The predicted octanol–water partition coefficient (Wildman–Crippen LogP) is 2.41. The Bertz CT molecular complexity index is 578. The fraction of sp³-hybridized carbons (Fsp3) is 0.286. The average Bonchev–Trinajstić information content (AvgIpc) is 2.83. The zero-order valence-electron chi connectivity index (χ0n) is 11.2. The van der Waals surface area contributed by atoms with Crippen molar-refractivity contribution < 1.29 is 13.9 Å². The second-order valence-corrected chi connectivity index (χ2v) is 4.25. The highest BCUT2D eigenvalue weighted by molar-refractivity contribution is 5.90. The molecule has 2 heterocycles. The maximum absolute atomic E-state index is 11.5. The number of hydrogen-bond donors (Lipinski definition) is 0. The summed E-state index contributed by atoms with van der Waals surface area (Å²) in [5.74, 6) is 1.23. The molecule has 2 rings (SSSR count). The number of anilines is 1. The van der Waals surface area contributed by atoms with Crippen molar-refractivity contribution in [2.24, 2.45) is 0 Å². The molecule has 0 fully saturated rings. The molecule has 100 valence electrons. The van der Waals surface area contributed by atoms with Crippen LogP contribution in [0.25, 0.3) is 0 Å². The van der Waals surface area contributed by atoms with E-state index in [0.717, 1.165) is 11.3 Å². The number of rotatable bonds is 4. The van der Waals surface area contributed by atoms with E-state index >= 15 is 0 Å². The second-order valence-electron chi connectivity index (χ2n) is 4.25. The molecule has 0 saturated carbocycles. The van der Waals surface area contributed by atoms with Crippen molar-refractivity contribution in [1.29, 1.82) is 0 Å². The van der Waals surface area contributed by atoms with Gasteiger partial charge >= 0.3 is 5.97 Å². The largest absolute Gasteiger partial charge is 0.469 e. The summed E-state index contributed by atoms with van der Waals surface area (Å²) in [4.78, 5) is 17.7. The predicted molar refractivity (Wildman–Crippen MR) is 71.1 cm³/mol. The number of furan rings is 1. The van der Waals surface area contributed by atoms with Gasteiger partial charge in [-0.3, -0.25) is 0 Å². The highest BCUT2D eigenvalue weighted by Crippen LogP contribution is 2.17. The molecular formula is C14H16N2O3. The molecule has 0 unspecified atom stereocenters. The summed E-state index contributed by atoms with van der Waals surface area (Å²) in [7, 11) is 3.27. The van der Waals surface area contributed by atoms with E-state index < -0.39 is 0 Å². The number of nitrogens with zero attached hydrogens (tertiary/aromatic N) is 2. The molecule has 0 spiro atoms. The first-order valence-electron chi connectivity index (χ1n) is 5.90. The fourth-order valence-corrected chi connectivity index (χ4v) is 1.78. The minimum atomic E-state index is -0.364. The van der Waals surface area contributed by atoms with E-state index in [9.17, 15) is 4.79 Å². The van der Waals surface area contributed by atoms with Gasteiger partial charge in [-0.05, 0) is 25.1 Å². The van der Waals surface area contributed by atoms with Crippen molar-refractivity contribution in [2.45, 2.75) is 13.5 Å². The SMILES string of the molecule is COC(=O)c1ccnc(N(C)Cc2ccoc2C)c1. The van der Waals surface area contributed by atoms with E-state index in [4.69, 9.17) is 9.15 Å². The Hall–Kier alpha value is -2.30. The van der Waals surface area contributed by atoms with E-state index in [1.165, 1.54) is 7.11 Å². The molecule has 0 saturated heterocycles. The summed E-state index contributed by atoms with van der Waals surface area (Å²) in [6, 6.07) is 5.27. The summed E-state index contributed by atoms with van der Waals surface area (Å²) in [5, 5.41) is 0. The van der Waals surface area contributed by atoms with Gasteiger partial charge in [0, 0.05) is 25.4 Å². The number of esters is 1. The van der Waals surface area contributed by atoms with Gasteiger partial charge in [0.1, 0.15) is 11.6 Å². The number of hydrogen-bond acceptors (Lipinski definition) is 5. The molecule has 0 aliphatic heterocycles. The molecule has 2 aromatic rings. The summed E-state index contributed by atoms with van der Waals surface area (Å²) >= 11 is 0. The van der Waals surface area contributed by atoms with Gasteiger partial charge in [-0.2, -0.15) is 0 Å². The van der Waals surface area contributed by atoms with Crippen LogP contribution in [0.4, 0.5) is 5.82 Å². The maximum Gasteiger partial charge on any atom is 0.338 e. The Labute approximate surface area is 111 Å². The third-order valence-electron chi connectivity index (χ3n) is 2.93. The van der Waals surface area contributed by atoms with Crippen molar-refractivity contribution in [1.82, 2.24) is 4.98 Å². The van der Waals surface area contributed by atoms with E-state index in [1.807, 2.05) is 24.9 Å². The van der Waals surface area contributed by atoms with E-state index in [2.05, 4.69) is 4.98 Å². The van der Waals surface area contributed by atoms with E-state index in [1.54, 1.807) is 24.6 Å². The number of carbonyl (C=O) groups excluding carboxylic acids is 1. The van der Waals surface area contributed by atoms with Crippen LogP contribution in [0, 0.1) is 6.92 Å².